The van der Waals surface area contributed by atoms with Gasteiger partial charge in [-0.15, -0.1) is 11.8 Å². The Morgan fingerprint density at radius 1 is 1.28 bits per heavy atom. The highest BCUT2D eigenvalue weighted by Crippen LogP contribution is 2.29. The van der Waals surface area contributed by atoms with Crippen molar-refractivity contribution in [1.29, 1.82) is 0 Å². The molecule has 0 bridgehead atoms. The number of carbonyl (C=O) groups is 2. The summed E-state index contributed by atoms with van der Waals surface area (Å²) in [6, 6.07) is 9.24. The quantitative estimate of drug-likeness (QED) is 0.533. The third-order valence-corrected chi connectivity index (χ3v) is 6.65. The molecular weight excluding hydrogens is 388 g/mol. The number of nitrogens with zero attached hydrogens (tertiary/aromatic N) is 1. The molecule has 1 amide bonds. The van der Waals surface area contributed by atoms with Crippen molar-refractivity contribution in [2.75, 3.05) is 6.61 Å². The van der Waals surface area contributed by atoms with Crippen LogP contribution in [0.3, 0.4) is 0 Å². The van der Waals surface area contributed by atoms with Crippen molar-refractivity contribution in [1.82, 2.24) is 10.5 Å². The third kappa shape index (κ3) is 5.85. The van der Waals surface area contributed by atoms with Gasteiger partial charge < -0.3 is 14.6 Å². The number of ether oxygens (including phenoxy) is 1. The second kappa shape index (κ2) is 9.96. The monoisotopic (exact) mass is 416 g/mol. The number of hydrogen-bond donors (Lipinski definition) is 1. The molecular formula is C22H28N2O4S. The molecule has 6 nitrogen and oxygen atoms in total. The topological polar surface area (TPSA) is 81.4 Å². The van der Waals surface area contributed by atoms with Crippen LogP contribution in [-0.4, -0.2) is 29.7 Å². The van der Waals surface area contributed by atoms with E-state index in [4.69, 9.17) is 9.26 Å². The Bertz CT molecular complexity index is 851. The van der Waals surface area contributed by atoms with Gasteiger partial charge in [-0.1, -0.05) is 44.0 Å². The van der Waals surface area contributed by atoms with Crippen molar-refractivity contribution < 1.29 is 18.8 Å². The Morgan fingerprint density at radius 3 is 2.83 bits per heavy atom. The van der Waals surface area contributed by atoms with Crippen LogP contribution in [0.15, 0.2) is 39.8 Å². The zero-order valence-corrected chi connectivity index (χ0v) is 18.0. The van der Waals surface area contributed by atoms with E-state index in [-0.39, 0.29) is 18.6 Å². The summed E-state index contributed by atoms with van der Waals surface area (Å²) in [6.07, 6.45) is 3.29. The zero-order valence-electron chi connectivity index (χ0n) is 17.1. The fourth-order valence-corrected chi connectivity index (χ4v) is 4.56. The van der Waals surface area contributed by atoms with Crippen LogP contribution >= 0.6 is 11.8 Å². The van der Waals surface area contributed by atoms with Crippen molar-refractivity contribution in [2.45, 2.75) is 56.7 Å². The van der Waals surface area contributed by atoms with Gasteiger partial charge >= 0.3 is 5.97 Å². The summed E-state index contributed by atoms with van der Waals surface area (Å²) in [5, 5.41) is 7.00. The minimum atomic E-state index is -0.496. The molecule has 1 saturated carbocycles. The van der Waals surface area contributed by atoms with Crippen molar-refractivity contribution in [2.24, 2.45) is 11.8 Å². The molecule has 1 aromatic heterocycles. The van der Waals surface area contributed by atoms with E-state index in [0.29, 0.717) is 23.2 Å². The SMILES string of the molecule is Cc1cc(CSc2ccccc2C(=O)OCC(=O)N[C@H]2CCC[C@H](C)[C@@H]2C)no1. The Kier molecular flexibility index (Phi) is 7.36. The average molecular weight is 417 g/mol. The number of nitrogens with one attached hydrogen (secondary N) is 1. The molecule has 7 heteroatoms. The number of thioether (sulfide) groups is 1. The number of aryl methyl sites for hydroxylation is 1. The first-order valence-electron chi connectivity index (χ1n) is 10.0. The van der Waals surface area contributed by atoms with E-state index in [1.54, 1.807) is 12.1 Å². The smallest absolute Gasteiger partial charge is 0.339 e. The number of aromatic nitrogens is 1. The van der Waals surface area contributed by atoms with Crippen LogP contribution in [0.5, 0.6) is 0 Å². The van der Waals surface area contributed by atoms with Gasteiger partial charge in [-0.2, -0.15) is 0 Å². The molecule has 0 saturated heterocycles. The van der Waals surface area contributed by atoms with E-state index in [0.717, 1.165) is 29.2 Å². The summed E-state index contributed by atoms with van der Waals surface area (Å²) in [5.74, 6) is 1.62. The summed E-state index contributed by atoms with van der Waals surface area (Å²) in [4.78, 5) is 25.6. The molecule has 1 aromatic carbocycles. The number of esters is 1. The lowest BCUT2D eigenvalue weighted by Gasteiger charge is -2.34. The van der Waals surface area contributed by atoms with Crippen LogP contribution in [0.4, 0.5) is 0 Å². The Hall–Kier alpha value is -2.28. The molecule has 1 aliphatic carbocycles. The second-order valence-corrected chi connectivity index (χ2v) is 8.75. The van der Waals surface area contributed by atoms with Gasteiger partial charge in [0.25, 0.3) is 5.91 Å². The minimum absolute atomic E-state index is 0.152. The molecule has 29 heavy (non-hydrogen) atoms. The first kappa shape index (κ1) is 21.4. The second-order valence-electron chi connectivity index (χ2n) is 7.73. The minimum Gasteiger partial charge on any atom is -0.452 e. The fraction of sp³-hybridized carbons (Fsp3) is 0.500. The van der Waals surface area contributed by atoms with E-state index in [9.17, 15) is 9.59 Å². The standard InChI is InChI=1S/C22H28N2O4S/c1-14-7-6-9-19(16(14)3)23-21(25)12-27-22(26)18-8-4-5-10-20(18)29-13-17-11-15(2)28-24-17/h4-5,8,10-11,14,16,19H,6-7,9,12-13H2,1-3H3,(H,23,25)/t14-,16-,19-/m0/s1. The first-order chi connectivity index (χ1) is 13.9. The van der Waals surface area contributed by atoms with E-state index >= 15 is 0 Å². The fourth-order valence-electron chi connectivity index (χ4n) is 3.64. The highest BCUT2D eigenvalue weighted by atomic mass is 32.2. The summed E-state index contributed by atoms with van der Waals surface area (Å²) in [7, 11) is 0. The maximum absolute atomic E-state index is 12.5. The molecule has 2 aromatic rings. The molecule has 0 aliphatic heterocycles. The number of carbonyl (C=O) groups excluding carboxylic acids is 2. The van der Waals surface area contributed by atoms with Gasteiger partial charge in [0.05, 0.1) is 11.3 Å². The molecule has 3 rings (SSSR count). The maximum Gasteiger partial charge on any atom is 0.339 e. The summed E-state index contributed by atoms with van der Waals surface area (Å²) < 4.78 is 10.4. The predicted molar refractivity (Wildman–Crippen MR) is 112 cm³/mol. The Labute approximate surface area is 175 Å². The van der Waals surface area contributed by atoms with E-state index in [1.807, 2.05) is 25.1 Å². The van der Waals surface area contributed by atoms with Crippen molar-refractivity contribution in [3.05, 3.63) is 47.3 Å². The van der Waals surface area contributed by atoms with Crippen LogP contribution in [0.25, 0.3) is 0 Å². The van der Waals surface area contributed by atoms with Crippen molar-refractivity contribution >= 4 is 23.6 Å². The predicted octanol–water partition coefficient (Wildman–Crippen LogP) is 4.37. The molecule has 1 fully saturated rings. The molecule has 3 atom stereocenters. The van der Waals surface area contributed by atoms with Gasteiger partial charge in [0, 0.05) is 22.8 Å². The molecule has 0 radical (unpaired) electrons. The Balaban J connectivity index is 1.53. The van der Waals surface area contributed by atoms with E-state index in [1.165, 1.54) is 18.2 Å². The lowest BCUT2D eigenvalue weighted by molar-refractivity contribution is -0.125. The van der Waals surface area contributed by atoms with Gasteiger partial charge in [0.2, 0.25) is 0 Å². The van der Waals surface area contributed by atoms with Crippen molar-refractivity contribution in [3.63, 3.8) is 0 Å². The van der Waals surface area contributed by atoms with Gasteiger partial charge in [0.15, 0.2) is 6.61 Å². The van der Waals surface area contributed by atoms with Crippen LogP contribution in [0.2, 0.25) is 0 Å². The number of benzene rings is 1. The highest BCUT2D eigenvalue weighted by Gasteiger charge is 2.28. The summed E-state index contributed by atoms with van der Waals surface area (Å²) in [6.45, 7) is 5.97. The van der Waals surface area contributed by atoms with Crippen LogP contribution in [0, 0.1) is 18.8 Å². The Morgan fingerprint density at radius 2 is 2.07 bits per heavy atom. The van der Waals surface area contributed by atoms with E-state index < -0.39 is 5.97 Å². The largest absolute Gasteiger partial charge is 0.452 e. The molecule has 0 spiro atoms. The zero-order chi connectivity index (χ0) is 20.8. The van der Waals surface area contributed by atoms with Crippen LogP contribution < -0.4 is 5.32 Å². The summed E-state index contributed by atoms with van der Waals surface area (Å²) in [5.41, 5.74) is 1.26. The first-order valence-corrected chi connectivity index (χ1v) is 11.0. The maximum atomic E-state index is 12.5. The van der Waals surface area contributed by atoms with Gasteiger partial charge in [-0.05, 0) is 37.3 Å². The molecule has 0 unspecified atom stereocenters. The lowest BCUT2D eigenvalue weighted by atomic mass is 9.78. The lowest BCUT2D eigenvalue weighted by Crippen LogP contribution is -2.45. The molecule has 156 valence electrons. The molecule has 1 aliphatic rings. The molecule has 1 N–H and O–H groups in total. The number of hydrogen-bond acceptors (Lipinski definition) is 6. The normalized spacial score (nSPS) is 21.6. The number of rotatable bonds is 7. The van der Waals surface area contributed by atoms with Gasteiger partial charge in [0.1, 0.15) is 5.76 Å². The van der Waals surface area contributed by atoms with Gasteiger partial charge in [-0.3, -0.25) is 4.79 Å². The number of amides is 1. The van der Waals surface area contributed by atoms with Gasteiger partial charge in [-0.25, -0.2) is 4.79 Å². The highest BCUT2D eigenvalue weighted by molar-refractivity contribution is 7.98. The van der Waals surface area contributed by atoms with Crippen LogP contribution in [-0.2, 0) is 15.3 Å². The average Bonchev–Trinajstić information content (AvgIpc) is 3.13. The van der Waals surface area contributed by atoms with Crippen LogP contribution in [0.1, 0.15) is 54.9 Å². The van der Waals surface area contributed by atoms with Crippen molar-refractivity contribution in [3.8, 4) is 0 Å². The van der Waals surface area contributed by atoms with E-state index in [2.05, 4.69) is 24.3 Å². The molecule has 1 heterocycles. The summed E-state index contributed by atoms with van der Waals surface area (Å²) >= 11 is 1.48. The third-order valence-electron chi connectivity index (χ3n) is 5.55.